The van der Waals surface area contributed by atoms with Gasteiger partial charge in [-0.15, -0.1) is 0 Å². The molecule has 1 aromatic heterocycles. The van der Waals surface area contributed by atoms with Crippen molar-refractivity contribution in [1.82, 2.24) is 15.1 Å². The first-order valence-electron chi connectivity index (χ1n) is 7.39. The maximum Gasteiger partial charge on any atom is 0.228 e. The van der Waals surface area contributed by atoms with Crippen LogP contribution in [0.4, 0.5) is 0 Å². The van der Waals surface area contributed by atoms with Crippen molar-refractivity contribution in [3.63, 3.8) is 0 Å². The van der Waals surface area contributed by atoms with Crippen LogP contribution >= 0.6 is 0 Å². The van der Waals surface area contributed by atoms with Crippen molar-refractivity contribution in [2.45, 2.75) is 19.8 Å². The van der Waals surface area contributed by atoms with Crippen LogP contribution in [0.5, 0.6) is 5.75 Å². The molecule has 0 saturated carbocycles. The summed E-state index contributed by atoms with van der Waals surface area (Å²) in [5.74, 6) is 0.374. The maximum absolute atomic E-state index is 12.3. The number of amides is 1. The Kier molecular flexibility index (Phi) is 3.96. The minimum Gasteiger partial charge on any atom is -0.508 e. The highest BCUT2D eigenvalue weighted by Gasteiger charge is 2.18. The second-order valence-electron chi connectivity index (χ2n) is 5.59. The van der Waals surface area contributed by atoms with Gasteiger partial charge in [0.1, 0.15) is 5.75 Å². The minimum atomic E-state index is 0.104. The molecule has 2 N–H and O–H groups in total. The fourth-order valence-corrected chi connectivity index (χ4v) is 2.67. The van der Waals surface area contributed by atoms with E-state index in [0.717, 1.165) is 29.9 Å². The van der Waals surface area contributed by atoms with Gasteiger partial charge in [0.2, 0.25) is 5.91 Å². The van der Waals surface area contributed by atoms with Gasteiger partial charge in [-0.3, -0.25) is 9.89 Å². The summed E-state index contributed by atoms with van der Waals surface area (Å²) in [6.07, 6.45) is 3.26. The Morgan fingerprint density at radius 2 is 2.14 bits per heavy atom. The van der Waals surface area contributed by atoms with Crippen LogP contribution in [0, 0.1) is 6.92 Å². The number of nitrogens with zero attached hydrogens (tertiary/aromatic N) is 2. The highest BCUT2D eigenvalue weighted by molar-refractivity contribution is 5.80. The van der Waals surface area contributed by atoms with Crippen LogP contribution in [0.1, 0.15) is 23.4 Å². The summed E-state index contributed by atoms with van der Waals surface area (Å²) < 4.78 is 0. The van der Waals surface area contributed by atoms with E-state index < -0.39 is 0 Å². The molecule has 3 rings (SSSR count). The molecular formula is C17H19N3O2. The van der Waals surface area contributed by atoms with Gasteiger partial charge in [-0.2, -0.15) is 5.10 Å². The number of aromatic amines is 1. The summed E-state index contributed by atoms with van der Waals surface area (Å²) in [5, 5.41) is 16.3. The number of hydrogen-bond acceptors (Lipinski definition) is 3. The molecule has 0 saturated heterocycles. The first-order valence-corrected chi connectivity index (χ1v) is 7.39. The van der Waals surface area contributed by atoms with Crippen LogP contribution < -0.4 is 0 Å². The Balaban J connectivity index is 1.62. The number of aromatic nitrogens is 2. The molecule has 5 nitrogen and oxygen atoms in total. The second-order valence-corrected chi connectivity index (χ2v) is 5.59. The fourth-order valence-electron chi connectivity index (χ4n) is 2.67. The normalized spacial score (nSPS) is 14.8. The number of phenolic OH excluding ortho intramolecular Hbond substituents is 1. The van der Waals surface area contributed by atoms with Crippen molar-refractivity contribution in [2.75, 3.05) is 13.1 Å². The van der Waals surface area contributed by atoms with Crippen LogP contribution in [0.2, 0.25) is 0 Å². The summed E-state index contributed by atoms with van der Waals surface area (Å²) in [5.41, 5.74) is 4.08. The molecule has 0 unspecified atom stereocenters. The van der Waals surface area contributed by atoms with Crippen molar-refractivity contribution in [2.24, 2.45) is 0 Å². The van der Waals surface area contributed by atoms with Crippen LogP contribution in [0.3, 0.4) is 0 Å². The molecular weight excluding hydrogens is 278 g/mol. The molecule has 5 heteroatoms. The minimum absolute atomic E-state index is 0.104. The molecule has 0 bridgehead atoms. The Bertz CT molecular complexity index is 701. The number of phenols is 1. The lowest BCUT2D eigenvalue weighted by Gasteiger charge is -2.26. The van der Waals surface area contributed by atoms with Gasteiger partial charge in [0, 0.05) is 18.8 Å². The number of aromatic hydroxyl groups is 1. The molecule has 1 aliphatic rings. The predicted octanol–water partition coefficient (Wildman–Crippen LogP) is 2.28. The van der Waals surface area contributed by atoms with Crippen molar-refractivity contribution in [1.29, 1.82) is 0 Å². The quantitative estimate of drug-likeness (QED) is 0.913. The molecule has 2 aromatic rings. The van der Waals surface area contributed by atoms with Gasteiger partial charge in [-0.05, 0) is 42.7 Å². The van der Waals surface area contributed by atoms with Crippen molar-refractivity contribution >= 4 is 11.5 Å². The maximum atomic E-state index is 12.3. The molecule has 1 amide bonds. The van der Waals surface area contributed by atoms with Gasteiger partial charge in [0.05, 0.1) is 12.1 Å². The Morgan fingerprint density at radius 1 is 1.36 bits per heavy atom. The topological polar surface area (TPSA) is 69.2 Å². The number of H-pyrrole nitrogens is 1. The number of carbonyl (C=O) groups is 1. The molecule has 0 radical (unpaired) electrons. The zero-order valence-corrected chi connectivity index (χ0v) is 12.5. The van der Waals surface area contributed by atoms with Gasteiger partial charge in [-0.25, -0.2) is 0 Å². The number of hydrogen-bond donors (Lipinski definition) is 2. The Labute approximate surface area is 129 Å². The van der Waals surface area contributed by atoms with Gasteiger partial charge in [0.15, 0.2) is 0 Å². The molecule has 1 aliphatic heterocycles. The number of nitrogens with one attached hydrogen (secondary N) is 1. The van der Waals surface area contributed by atoms with Gasteiger partial charge in [0.25, 0.3) is 0 Å². The SMILES string of the molecule is Cc1cc(CC(=O)N2CC=C(c3ccc(O)cc3)CC2)n[nH]1. The van der Waals surface area contributed by atoms with E-state index in [0.29, 0.717) is 13.0 Å². The summed E-state index contributed by atoms with van der Waals surface area (Å²) >= 11 is 0. The Hall–Kier alpha value is -2.56. The number of aryl methyl sites for hydroxylation is 1. The van der Waals surface area contributed by atoms with E-state index in [4.69, 9.17) is 0 Å². The second kappa shape index (κ2) is 6.05. The molecule has 2 heterocycles. The summed E-state index contributed by atoms with van der Waals surface area (Å²) in [6, 6.07) is 9.09. The molecule has 0 aliphatic carbocycles. The zero-order valence-electron chi connectivity index (χ0n) is 12.5. The molecule has 114 valence electrons. The Morgan fingerprint density at radius 3 is 2.73 bits per heavy atom. The molecule has 0 fully saturated rings. The van der Waals surface area contributed by atoms with Gasteiger partial charge < -0.3 is 10.0 Å². The van der Waals surface area contributed by atoms with E-state index in [1.54, 1.807) is 12.1 Å². The van der Waals surface area contributed by atoms with Crippen LogP contribution in [-0.2, 0) is 11.2 Å². The highest BCUT2D eigenvalue weighted by atomic mass is 16.3. The smallest absolute Gasteiger partial charge is 0.228 e. The van der Waals surface area contributed by atoms with E-state index >= 15 is 0 Å². The third-order valence-corrected chi connectivity index (χ3v) is 3.89. The van der Waals surface area contributed by atoms with Gasteiger partial charge in [-0.1, -0.05) is 18.2 Å². The summed E-state index contributed by atoms with van der Waals surface area (Å²) in [7, 11) is 0. The summed E-state index contributed by atoms with van der Waals surface area (Å²) in [4.78, 5) is 14.1. The lowest BCUT2D eigenvalue weighted by Crippen LogP contribution is -2.35. The average Bonchev–Trinajstić information content (AvgIpc) is 2.93. The number of carbonyl (C=O) groups excluding carboxylic acids is 1. The van der Waals surface area contributed by atoms with Crippen LogP contribution in [0.25, 0.3) is 5.57 Å². The van der Waals surface area contributed by atoms with E-state index in [2.05, 4.69) is 16.3 Å². The summed E-state index contributed by atoms with van der Waals surface area (Å²) in [6.45, 7) is 3.27. The predicted molar refractivity (Wildman–Crippen MR) is 84.3 cm³/mol. The largest absolute Gasteiger partial charge is 0.508 e. The number of rotatable bonds is 3. The molecule has 0 spiro atoms. The molecule has 22 heavy (non-hydrogen) atoms. The third-order valence-electron chi connectivity index (χ3n) is 3.89. The standard InChI is InChI=1S/C17H19N3O2/c1-12-10-15(19-18-12)11-17(22)20-8-6-14(7-9-20)13-2-4-16(21)5-3-13/h2-6,10,21H,7-9,11H2,1H3,(H,18,19). The van der Waals surface area contributed by atoms with Crippen molar-refractivity contribution in [3.05, 3.63) is 53.4 Å². The van der Waals surface area contributed by atoms with Crippen molar-refractivity contribution in [3.8, 4) is 5.75 Å². The monoisotopic (exact) mass is 297 g/mol. The first kappa shape index (κ1) is 14.4. The van der Waals surface area contributed by atoms with Crippen LogP contribution in [0.15, 0.2) is 36.4 Å². The van der Waals surface area contributed by atoms with Crippen molar-refractivity contribution < 1.29 is 9.90 Å². The van der Waals surface area contributed by atoms with E-state index in [-0.39, 0.29) is 11.7 Å². The average molecular weight is 297 g/mol. The third kappa shape index (κ3) is 3.19. The lowest BCUT2D eigenvalue weighted by molar-refractivity contribution is -0.130. The highest BCUT2D eigenvalue weighted by Crippen LogP contribution is 2.24. The number of benzene rings is 1. The molecule has 0 atom stereocenters. The first-order chi connectivity index (χ1) is 10.6. The van der Waals surface area contributed by atoms with E-state index in [1.165, 1.54) is 5.57 Å². The fraction of sp³-hybridized carbons (Fsp3) is 0.294. The zero-order chi connectivity index (χ0) is 15.5. The van der Waals surface area contributed by atoms with E-state index in [1.807, 2.05) is 30.0 Å². The lowest BCUT2D eigenvalue weighted by atomic mass is 9.99. The molecule has 1 aromatic carbocycles. The van der Waals surface area contributed by atoms with E-state index in [9.17, 15) is 9.90 Å². The van der Waals surface area contributed by atoms with Gasteiger partial charge >= 0.3 is 0 Å². The van der Waals surface area contributed by atoms with Crippen LogP contribution in [-0.4, -0.2) is 39.2 Å².